The third-order valence-corrected chi connectivity index (χ3v) is 5.13. The van der Waals surface area contributed by atoms with Gasteiger partial charge in [0.05, 0.1) is 10.4 Å². The van der Waals surface area contributed by atoms with E-state index in [0.717, 1.165) is 0 Å². The first-order valence-corrected chi connectivity index (χ1v) is 8.09. The van der Waals surface area contributed by atoms with Crippen molar-refractivity contribution < 1.29 is 9.35 Å². The van der Waals surface area contributed by atoms with E-state index >= 15 is 0 Å². The van der Waals surface area contributed by atoms with Crippen LogP contribution in [0.1, 0.15) is 0 Å². The van der Waals surface area contributed by atoms with Gasteiger partial charge in [0.2, 0.25) is 0 Å². The zero-order valence-corrected chi connectivity index (χ0v) is 10.3. The van der Waals surface area contributed by atoms with Crippen molar-refractivity contribution in [2.45, 2.75) is 13.1 Å². The molecule has 1 aromatic carbocycles. The summed E-state index contributed by atoms with van der Waals surface area (Å²) in [4.78, 5) is 9.97. The molecule has 0 saturated heterocycles. The summed E-state index contributed by atoms with van der Waals surface area (Å²) in [5.74, 6) is 0.637. The first kappa shape index (κ1) is 12.0. The van der Waals surface area contributed by atoms with Crippen molar-refractivity contribution >= 4 is 25.6 Å². The molecule has 0 aliphatic carbocycles. The highest BCUT2D eigenvalue weighted by Gasteiger charge is 2.23. The molecule has 6 heteroatoms. The third-order valence-electron chi connectivity index (χ3n) is 1.76. The molecule has 0 N–H and O–H groups in total. The van der Waals surface area contributed by atoms with Gasteiger partial charge < -0.3 is 4.43 Å². The van der Waals surface area contributed by atoms with E-state index in [2.05, 4.69) is 0 Å². The number of benzene rings is 1. The maximum absolute atomic E-state index is 10.4. The topological polar surface area (TPSA) is 52.4 Å². The monoisotopic (exact) mass is 245 g/mol. The number of nitro benzene ring substituents is 1. The predicted molar refractivity (Wildman–Crippen MR) is 61.9 cm³/mol. The molecular formula is C9H12ClNO3Si. The van der Waals surface area contributed by atoms with E-state index in [-0.39, 0.29) is 5.69 Å². The second kappa shape index (κ2) is 4.63. The Kier molecular flexibility index (Phi) is 3.70. The highest BCUT2D eigenvalue weighted by molar-refractivity contribution is 6.78. The molecule has 0 bridgehead atoms. The number of non-ortho nitro benzene ring substituents is 1. The van der Waals surface area contributed by atoms with Crippen LogP contribution in [-0.4, -0.2) is 18.7 Å². The van der Waals surface area contributed by atoms with Crippen LogP contribution in [0.4, 0.5) is 5.69 Å². The lowest BCUT2D eigenvalue weighted by Gasteiger charge is -2.21. The molecule has 0 atom stereocenters. The van der Waals surface area contributed by atoms with Crippen LogP contribution in [0.2, 0.25) is 13.1 Å². The predicted octanol–water partition coefficient (Wildman–Crippen LogP) is 2.96. The van der Waals surface area contributed by atoms with E-state index in [1.165, 1.54) is 12.1 Å². The molecule has 15 heavy (non-hydrogen) atoms. The Hall–Kier alpha value is -1.07. The van der Waals surface area contributed by atoms with E-state index < -0.39 is 13.2 Å². The molecule has 4 nitrogen and oxygen atoms in total. The van der Waals surface area contributed by atoms with E-state index in [1.807, 2.05) is 13.1 Å². The van der Waals surface area contributed by atoms with E-state index in [1.54, 1.807) is 12.1 Å². The van der Waals surface area contributed by atoms with E-state index in [9.17, 15) is 10.1 Å². The Morgan fingerprint density at radius 2 is 1.93 bits per heavy atom. The second-order valence-corrected chi connectivity index (χ2v) is 8.54. The summed E-state index contributed by atoms with van der Waals surface area (Å²) in [5.41, 5.74) is 0.553. The summed E-state index contributed by atoms with van der Waals surface area (Å²) in [6, 6.07) is 6.04. The van der Waals surface area contributed by atoms with Crippen LogP contribution in [0.25, 0.3) is 0 Å². The number of halogens is 1. The Balaban J connectivity index is 2.77. The van der Waals surface area contributed by atoms with Gasteiger partial charge in [0, 0.05) is 12.1 Å². The average molecular weight is 246 g/mol. The number of nitrogens with zero attached hydrogens (tertiary/aromatic N) is 1. The first-order valence-electron chi connectivity index (χ1n) is 4.44. The minimum absolute atomic E-state index is 0.0627. The molecule has 0 saturated carbocycles. The smallest absolute Gasteiger partial charge is 0.269 e. The molecule has 0 aliphatic rings. The van der Waals surface area contributed by atoms with Crippen molar-refractivity contribution in [1.29, 1.82) is 0 Å². The molecule has 0 spiro atoms. The summed E-state index contributed by atoms with van der Waals surface area (Å²) < 4.78 is 5.67. The van der Waals surface area contributed by atoms with E-state index in [4.69, 9.17) is 16.0 Å². The SMILES string of the molecule is C[Si](C)(CCl)Oc1ccc([N+](=O)[O-])cc1. The lowest BCUT2D eigenvalue weighted by Crippen LogP contribution is -2.36. The fourth-order valence-electron chi connectivity index (χ4n) is 0.982. The molecule has 0 fully saturated rings. The number of alkyl halides is 1. The minimum Gasteiger partial charge on any atom is -0.543 e. The van der Waals surface area contributed by atoms with Gasteiger partial charge in [0.25, 0.3) is 14.0 Å². The molecule has 1 aromatic rings. The fraction of sp³-hybridized carbons (Fsp3) is 0.333. The molecule has 0 aromatic heterocycles. The zero-order chi connectivity index (χ0) is 11.5. The lowest BCUT2D eigenvalue weighted by molar-refractivity contribution is -0.384. The van der Waals surface area contributed by atoms with Crippen molar-refractivity contribution in [3.05, 3.63) is 34.4 Å². The van der Waals surface area contributed by atoms with Crippen LogP contribution in [0, 0.1) is 10.1 Å². The normalized spacial score (nSPS) is 11.1. The van der Waals surface area contributed by atoms with Gasteiger partial charge in [-0.05, 0) is 25.2 Å². The number of hydrogen-bond acceptors (Lipinski definition) is 3. The van der Waals surface area contributed by atoms with Crippen molar-refractivity contribution in [3.8, 4) is 5.75 Å². The van der Waals surface area contributed by atoms with Crippen LogP contribution in [-0.2, 0) is 0 Å². The maximum Gasteiger partial charge on any atom is 0.269 e. The van der Waals surface area contributed by atoms with Crippen LogP contribution in [0.15, 0.2) is 24.3 Å². The zero-order valence-electron chi connectivity index (χ0n) is 8.57. The maximum atomic E-state index is 10.4. The highest BCUT2D eigenvalue weighted by atomic mass is 35.5. The fourth-order valence-corrected chi connectivity index (χ4v) is 1.97. The van der Waals surface area contributed by atoms with Gasteiger partial charge in [-0.1, -0.05) is 0 Å². The summed E-state index contributed by atoms with van der Waals surface area (Å²) >= 11 is 5.75. The molecule has 0 aliphatic heterocycles. The quantitative estimate of drug-likeness (QED) is 0.355. The Bertz CT molecular complexity index is 353. The van der Waals surface area contributed by atoms with Crippen molar-refractivity contribution in [2.75, 3.05) is 5.50 Å². The van der Waals surface area contributed by atoms with Gasteiger partial charge in [-0.15, -0.1) is 11.6 Å². The molecule has 0 heterocycles. The average Bonchev–Trinajstić information content (AvgIpc) is 2.18. The summed E-state index contributed by atoms with van der Waals surface area (Å²) in [6.07, 6.45) is 0. The Morgan fingerprint density at radius 1 is 1.40 bits per heavy atom. The van der Waals surface area contributed by atoms with Gasteiger partial charge in [0.1, 0.15) is 5.75 Å². The minimum atomic E-state index is -1.87. The molecule has 0 amide bonds. The van der Waals surface area contributed by atoms with Gasteiger partial charge in [-0.3, -0.25) is 10.1 Å². The molecule has 1 rings (SSSR count). The number of nitro groups is 1. The lowest BCUT2D eigenvalue weighted by atomic mass is 10.3. The van der Waals surface area contributed by atoms with Crippen molar-refractivity contribution in [3.63, 3.8) is 0 Å². The van der Waals surface area contributed by atoms with Crippen LogP contribution < -0.4 is 4.43 Å². The standard InChI is InChI=1S/C9H12ClNO3Si/c1-15(2,7-10)14-9-5-3-8(4-6-9)11(12)13/h3-6H,7H2,1-2H3. The number of rotatable bonds is 4. The Morgan fingerprint density at radius 3 is 2.33 bits per heavy atom. The second-order valence-electron chi connectivity index (χ2n) is 3.75. The van der Waals surface area contributed by atoms with Gasteiger partial charge in [-0.2, -0.15) is 0 Å². The third kappa shape index (κ3) is 3.52. The van der Waals surface area contributed by atoms with Crippen LogP contribution in [0.3, 0.4) is 0 Å². The largest absolute Gasteiger partial charge is 0.543 e. The number of hydrogen-bond donors (Lipinski definition) is 0. The summed E-state index contributed by atoms with van der Waals surface area (Å²) in [7, 11) is -1.87. The van der Waals surface area contributed by atoms with Crippen molar-refractivity contribution in [2.24, 2.45) is 0 Å². The van der Waals surface area contributed by atoms with Crippen LogP contribution >= 0.6 is 11.6 Å². The highest BCUT2D eigenvalue weighted by Crippen LogP contribution is 2.20. The van der Waals surface area contributed by atoms with E-state index in [0.29, 0.717) is 11.3 Å². The summed E-state index contributed by atoms with van der Waals surface area (Å²) in [6.45, 7) is 3.98. The van der Waals surface area contributed by atoms with Crippen molar-refractivity contribution in [1.82, 2.24) is 0 Å². The Labute approximate surface area is 94.1 Å². The molecule has 0 radical (unpaired) electrons. The van der Waals surface area contributed by atoms with Gasteiger partial charge in [-0.25, -0.2) is 0 Å². The first-order chi connectivity index (χ1) is 6.94. The van der Waals surface area contributed by atoms with Gasteiger partial charge in [0.15, 0.2) is 0 Å². The molecule has 82 valence electrons. The van der Waals surface area contributed by atoms with Crippen LogP contribution in [0.5, 0.6) is 5.75 Å². The van der Waals surface area contributed by atoms with Gasteiger partial charge >= 0.3 is 0 Å². The summed E-state index contributed by atoms with van der Waals surface area (Å²) in [5, 5.41) is 10.4. The molecular weight excluding hydrogens is 234 g/mol. The molecule has 0 unspecified atom stereocenters.